The van der Waals surface area contributed by atoms with Gasteiger partial charge in [0.15, 0.2) is 0 Å². The van der Waals surface area contributed by atoms with E-state index in [2.05, 4.69) is 5.32 Å². The fourth-order valence-electron chi connectivity index (χ4n) is 4.12. The molecule has 2 aliphatic rings. The maximum Gasteiger partial charge on any atom is 0.321 e. The minimum Gasteiger partial charge on any atom is -0.371 e. The highest BCUT2D eigenvalue weighted by Gasteiger charge is 2.53. The monoisotopic (exact) mass is 399 g/mol. The number of carbonyl (C=O) groups is 2. The molecule has 0 aromatic heterocycles. The van der Waals surface area contributed by atoms with Crippen molar-refractivity contribution in [2.45, 2.75) is 18.7 Å². The second-order valence-electron chi connectivity index (χ2n) is 7.15. The smallest absolute Gasteiger partial charge is 0.321 e. The average molecular weight is 400 g/mol. The molecule has 0 spiro atoms. The number of benzene rings is 2. The Bertz CT molecular complexity index is 876. The molecule has 4 rings (SSSR count). The van der Waals surface area contributed by atoms with E-state index in [1.54, 1.807) is 24.1 Å². The maximum absolute atomic E-state index is 12.8. The number of hydrogen-bond acceptors (Lipinski definition) is 3. The molecule has 3 atom stereocenters. The third kappa shape index (κ3) is 3.45. The molecule has 2 aromatic carbocycles. The van der Waals surface area contributed by atoms with E-state index in [9.17, 15) is 9.59 Å². The van der Waals surface area contributed by atoms with Gasteiger partial charge in [0.25, 0.3) is 5.91 Å². The van der Waals surface area contributed by atoms with E-state index in [4.69, 9.17) is 16.3 Å². The van der Waals surface area contributed by atoms with Crippen molar-refractivity contribution < 1.29 is 14.3 Å². The summed E-state index contributed by atoms with van der Waals surface area (Å²) in [6, 6.07) is 16.7. The Morgan fingerprint density at radius 2 is 1.86 bits per heavy atom. The second-order valence-corrected chi connectivity index (χ2v) is 7.56. The molecule has 2 aliphatic heterocycles. The SMILES string of the molecule is CO[C@@H]1C(=O)N(Cc2ccccc2)[C@@H]2CN(C(=O)Nc3ccccc3Cl)C[C@H]12. The van der Waals surface area contributed by atoms with E-state index in [1.165, 1.54) is 0 Å². The number of hydrogen-bond donors (Lipinski definition) is 1. The molecule has 2 aromatic rings. The summed E-state index contributed by atoms with van der Waals surface area (Å²) in [5, 5.41) is 3.35. The zero-order valence-electron chi connectivity index (χ0n) is 15.5. The number of nitrogens with zero attached hydrogens (tertiary/aromatic N) is 2. The molecule has 0 bridgehead atoms. The first kappa shape index (κ1) is 18.8. The number of methoxy groups -OCH3 is 1. The van der Waals surface area contributed by atoms with Crippen LogP contribution in [0.25, 0.3) is 0 Å². The minimum absolute atomic E-state index is 0.00693. The van der Waals surface area contributed by atoms with E-state index in [-0.39, 0.29) is 23.9 Å². The lowest BCUT2D eigenvalue weighted by atomic mass is 10.0. The van der Waals surface area contributed by atoms with Gasteiger partial charge in [0.2, 0.25) is 0 Å². The highest BCUT2D eigenvalue weighted by Crippen LogP contribution is 2.35. The molecule has 2 fully saturated rings. The lowest BCUT2D eigenvalue weighted by Crippen LogP contribution is -2.41. The van der Waals surface area contributed by atoms with E-state index in [1.807, 2.05) is 47.4 Å². The number of urea groups is 1. The number of amides is 3. The summed E-state index contributed by atoms with van der Waals surface area (Å²) in [4.78, 5) is 29.2. The van der Waals surface area contributed by atoms with Crippen molar-refractivity contribution >= 4 is 29.2 Å². The van der Waals surface area contributed by atoms with Crippen molar-refractivity contribution in [3.05, 3.63) is 65.2 Å². The standard InChI is InChI=1S/C21H22ClN3O3/c1-28-19-15-12-24(21(27)23-17-10-6-5-9-16(17)22)13-18(15)25(20(19)26)11-14-7-3-2-4-8-14/h2-10,15,18-19H,11-13H2,1H3,(H,23,27)/t15-,18+,19-/m0/s1. The second kappa shape index (κ2) is 7.81. The highest BCUT2D eigenvalue weighted by atomic mass is 35.5. The number of ether oxygens (including phenoxy) is 1. The summed E-state index contributed by atoms with van der Waals surface area (Å²) < 4.78 is 5.50. The zero-order valence-corrected chi connectivity index (χ0v) is 16.3. The molecule has 2 saturated heterocycles. The summed E-state index contributed by atoms with van der Waals surface area (Å²) in [6.07, 6.45) is -0.521. The summed E-state index contributed by atoms with van der Waals surface area (Å²) >= 11 is 6.14. The Morgan fingerprint density at radius 3 is 2.57 bits per heavy atom. The van der Waals surface area contributed by atoms with Gasteiger partial charge >= 0.3 is 6.03 Å². The number of anilines is 1. The normalized spacial score (nSPS) is 23.8. The van der Waals surface area contributed by atoms with Crippen LogP contribution in [0.4, 0.5) is 10.5 Å². The Morgan fingerprint density at radius 1 is 1.14 bits per heavy atom. The fraction of sp³-hybridized carbons (Fsp3) is 0.333. The van der Waals surface area contributed by atoms with Gasteiger partial charge in [-0.25, -0.2) is 4.79 Å². The van der Waals surface area contributed by atoms with E-state index in [0.29, 0.717) is 30.3 Å². The fourth-order valence-corrected chi connectivity index (χ4v) is 4.31. The van der Waals surface area contributed by atoms with Crippen molar-refractivity contribution in [3.63, 3.8) is 0 Å². The van der Waals surface area contributed by atoms with E-state index >= 15 is 0 Å². The maximum atomic E-state index is 12.8. The van der Waals surface area contributed by atoms with Crippen LogP contribution in [-0.4, -0.2) is 54.1 Å². The number of para-hydroxylation sites is 1. The first-order chi connectivity index (χ1) is 13.6. The number of nitrogens with one attached hydrogen (secondary N) is 1. The van der Waals surface area contributed by atoms with Gasteiger partial charge in [-0.15, -0.1) is 0 Å². The summed E-state index contributed by atoms with van der Waals surface area (Å²) in [5.41, 5.74) is 1.64. The lowest BCUT2D eigenvalue weighted by Gasteiger charge is -2.25. The van der Waals surface area contributed by atoms with Crippen molar-refractivity contribution in [1.82, 2.24) is 9.80 Å². The minimum atomic E-state index is -0.521. The summed E-state index contributed by atoms with van der Waals surface area (Å²) in [7, 11) is 1.55. The summed E-state index contributed by atoms with van der Waals surface area (Å²) in [6.45, 7) is 1.45. The quantitative estimate of drug-likeness (QED) is 0.858. The van der Waals surface area contributed by atoms with Crippen LogP contribution in [0, 0.1) is 5.92 Å². The Kier molecular flexibility index (Phi) is 5.24. The molecular weight excluding hydrogens is 378 g/mol. The third-order valence-corrected chi connectivity index (χ3v) is 5.83. The van der Waals surface area contributed by atoms with Crippen molar-refractivity contribution in [3.8, 4) is 0 Å². The number of halogens is 1. The van der Waals surface area contributed by atoms with Gasteiger partial charge < -0.3 is 19.9 Å². The van der Waals surface area contributed by atoms with Crippen LogP contribution in [0.5, 0.6) is 0 Å². The van der Waals surface area contributed by atoms with Crippen LogP contribution >= 0.6 is 11.6 Å². The van der Waals surface area contributed by atoms with Crippen molar-refractivity contribution in [1.29, 1.82) is 0 Å². The molecule has 0 saturated carbocycles. The van der Waals surface area contributed by atoms with Crippen LogP contribution in [0.3, 0.4) is 0 Å². The van der Waals surface area contributed by atoms with Gasteiger partial charge in [-0.3, -0.25) is 4.79 Å². The molecule has 0 unspecified atom stereocenters. The molecule has 6 nitrogen and oxygen atoms in total. The molecular formula is C21H22ClN3O3. The predicted molar refractivity (Wildman–Crippen MR) is 107 cm³/mol. The number of carbonyl (C=O) groups excluding carboxylic acids is 2. The summed E-state index contributed by atoms with van der Waals surface area (Å²) in [5.74, 6) is -0.0503. The zero-order chi connectivity index (χ0) is 19.7. The predicted octanol–water partition coefficient (Wildman–Crippen LogP) is 3.23. The third-order valence-electron chi connectivity index (χ3n) is 5.50. The molecule has 7 heteroatoms. The van der Waals surface area contributed by atoms with Gasteiger partial charge in [-0.05, 0) is 17.7 Å². The molecule has 1 N–H and O–H groups in total. The van der Waals surface area contributed by atoms with E-state index < -0.39 is 6.10 Å². The Hall–Kier alpha value is -2.57. The first-order valence-corrected chi connectivity index (χ1v) is 9.64. The molecule has 3 amide bonds. The van der Waals surface area contributed by atoms with Crippen LogP contribution in [0.2, 0.25) is 5.02 Å². The van der Waals surface area contributed by atoms with Crippen LogP contribution in [-0.2, 0) is 16.1 Å². The van der Waals surface area contributed by atoms with Gasteiger partial charge in [-0.2, -0.15) is 0 Å². The lowest BCUT2D eigenvalue weighted by molar-refractivity contribution is -0.138. The molecule has 2 heterocycles. The molecule has 28 heavy (non-hydrogen) atoms. The van der Waals surface area contributed by atoms with Crippen molar-refractivity contribution in [2.75, 3.05) is 25.5 Å². The molecule has 146 valence electrons. The van der Waals surface area contributed by atoms with Gasteiger partial charge in [0, 0.05) is 32.7 Å². The van der Waals surface area contributed by atoms with Gasteiger partial charge in [-0.1, -0.05) is 54.1 Å². The molecule has 0 radical (unpaired) electrons. The number of fused-ring (bicyclic) bond motifs is 1. The topological polar surface area (TPSA) is 61.9 Å². The number of likely N-dealkylation sites (tertiary alicyclic amines) is 2. The van der Waals surface area contributed by atoms with E-state index in [0.717, 1.165) is 5.56 Å². The first-order valence-electron chi connectivity index (χ1n) is 9.26. The average Bonchev–Trinajstić information content (AvgIpc) is 3.23. The van der Waals surface area contributed by atoms with Crippen LogP contribution < -0.4 is 5.32 Å². The number of rotatable bonds is 4. The van der Waals surface area contributed by atoms with Crippen LogP contribution in [0.1, 0.15) is 5.56 Å². The highest BCUT2D eigenvalue weighted by molar-refractivity contribution is 6.33. The van der Waals surface area contributed by atoms with Gasteiger partial charge in [0.05, 0.1) is 16.8 Å². The van der Waals surface area contributed by atoms with Crippen LogP contribution in [0.15, 0.2) is 54.6 Å². The van der Waals surface area contributed by atoms with Crippen molar-refractivity contribution in [2.24, 2.45) is 5.92 Å². The largest absolute Gasteiger partial charge is 0.371 e. The molecule has 0 aliphatic carbocycles. The Balaban J connectivity index is 1.50. The van der Waals surface area contributed by atoms with Gasteiger partial charge in [0.1, 0.15) is 6.10 Å². The Labute approximate surface area is 169 Å².